The van der Waals surface area contributed by atoms with Crippen molar-refractivity contribution in [1.29, 1.82) is 0 Å². The number of nitrogens with one attached hydrogen (secondary N) is 1. The average molecular weight is 388 g/mol. The van der Waals surface area contributed by atoms with E-state index < -0.39 is 5.43 Å². The van der Waals surface area contributed by atoms with Gasteiger partial charge in [0.05, 0.1) is 12.2 Å². The van der Waals surface area contributed by atoms with E-state index in [-0.39, 0.29) is 22.6 Å². The van der Waals surface area contributed by atoms with Crippen LogP contribution in [0.2, 0.25) is 5.02 Å². The Morgan fingerprint density at radius 3 is 2.81 bits per heavy atom. The lowest BCUT2D eigenvalue weighted by Crippen LogP contribution is -2.39. The summed E-state index contributed by atoms with van der Waals surface area (Å²) in [5, 5.41) is 0.0353. The highest BCUT2D eigenvalue weighted by molar-refractivity contribution is 6.31. The molecule has 2 aliphatic rings. The molecule has 0 unspecified atom stereocenters. The molecule has 2 aliphatic heterocycles. The molecule has 140 valence electrons. The van der Waals surface area contributed by atoms with Gasteiger partial charge in [0.15, 0.2) is 0 Å². The minimum Gasteiger partial charge on any atom is -0.447 e. The minimum atomic E-state index is -0.461. The zero-order chi connectivity index (χ0) is 19.1. The molecule has 4 rings (SSSR count). The van der Waals surface area contributed by atoms with Crippen LogP contribution in [0.4, 0.5) is 10.5 Å². The molecule has 0 atom stereocenters. The van der Waals surface area contributed by atoms with Crippen molar-refractivity contribution in [3.05, 3.63) is 62.0 Å². The van der Waals surface area contributed by atoms with Crippen LogP contribution in [0.15, 0.2) is 29.2 Å². The Morgan fingerprint density at radius 1 is 1.26 bits per heavy atom. The first-order valence-corrected chi connectivity index (χ1v) is 9.07. The number of aromatic nitrogens is 1. The highest BCUT2D eigenvalue weighted by Gasteiger charge is 2.30. The van der Waals surface area contributed by atoms with E-state index in [0.717, 1.165) is 16.8 Å². The number of rotatable bonds is 2. The van der Waals surface area contributed by atoms with Gasteiger partial charge >= 0.3 is 6.09 Å². The van der Waals surface area contributed by atoms with Crippen molar-refractivity contribution in [3.63, 3.8) is 0 Å². The van der Waals surface area contributed by atoms with Crippen LogP contribution in [0.5, 0.6) is 0 Å². The fourth-order valence-electron chi connectivity index (χ4n) is 3.55. The van der Waals surface area contributed by atoms with E-state index in [1.165, 1.54) is 6.20 Å². The van der Waals surface area contributed by atoms with Crippen LogP contribution in [-0.4, -0.2) is 41.6 Å². The summed E-state index contributed by atoms with van der Waals surface area (Å²) < 4.78 is 5.03. The number of anilines is 1. The van der Waals surface area contributed by atoms with Crippen molar-refractivity contribution in [2.75, 3.05) is 24.6 Å². The van der Waals surface area contributed by atoms with Crippen LogP contribution in [0.25, 0.3) is 0 Å². The molecule has 1 saturated heterocycles. The van der Waals surface area contributed by atoms with Crippen molar-refractivity contribution in [1.82, 2.24) is 9.88 Å². The maximum Gasteiger partial charge on any atom is 0.414 e. The van der Waals surface area contributed by atoms with Gasteiger partial charge < -0.3 is 14.6 Å². The van der Waals surface area contributed by atoms with Crippen molar-refractivity contribution in [2.24, 2.45) is 0 Å². The fourth-order valence-corrected chi connectivity index (χ4v) is 3.71. The third kappa shape index (κ3) is 2.98. The average Bonchev–Trinajstić information content (AvgIpc) is 3.10. The molecule has 1 fully saturated rings. The molecule has 0 aliphatic carbocycles. The maximum absolute atomic E-state index is 12.8. The number of aromatic amines is 1. The number of carbonyl (C=O) groups excluding carboxylic acids is 2. The molecular formula is C19H18ClN3O4. The van der Waals surface area contributed by atoms with Gasteiger partial charge in [-0.15, -0.1) is 0 Å². The van der Waals surface area contributed by atoms with Crippen molar-refractivity contribution in [3.8, 4) is 0 Å². The Hall–Kier alpha value is -2.80. The molecule has 0 saturated carbocycles. The molecular weight excluding hydrogens is 370 g/mol. The summed E-state index contributed by atoms with van der Waals surface area (Å²) in [7, 11) is 0. The van der Waals surface area contributed by atoms with E-state index in [2.05, 4.69) is 4.98 Å². The highest BCUT2D eigenvalue weighted by Crippen LogP contribution is 2.31. The van der Waals surface area contributed by atoms with E-state index in [1.54, 1.807) is 16.7 Å². The molecule has 2 aromatic rings. The van der Waals surface area contributed by atoms with Crippen LogP contribution in [0, 0.1) is 6.92 Å². The van der Waals surface area contributed by atoms with Crippen LogP contribution in [-0.2, 0) is 17.7 Å². The molecule has 8 heteroatoms. The number of amides is 2. The zero-order valence-corrected chi connectivity index (χ0v) is 15.5. The lowest BCUT2D eigenvalue weighted by atomic mass is 9.96. The molecule has 2 amide bonds. The van der Waals surface area contributed by atoms with E-state index in [0.29, 0.717) is 38.4 Å². The molecule has 1 N–H and O–H groups in total. The van der Waals surface area contributed by atoms with Crippen molar-refractivity contribution < 1.29 is 14.3 Å². The third-order valence-corrected chi connectivity index (χ3v) is 5.47. The van der Waals surface area contributed by atoms with Gasteiger partial charge in [0, 0.05) is 25.0 Å². The third-order valence-electron chi connectivity index (χ3n) is 5.02. The SMILES string of the molecule is Cc1[nH]cc(C(=O)N2CCc3c(cccc3N3CCOC3=O)C2)c(=O)c1Cl. The van der Waals surface area contributed by atoms with Crippen molar-refractivity contribution >= 4 is 29.3 Å². The zero-order valence-electron chi connectivity index (χ0n) is 14.8. The van der Waals surface area contributed by atoms with Gasteiger partial charge in [0.25, 0.3) is 5.91 Å². The van der Waals surface area contributed by atoms with E-state index in [4.69, 9.17) is 16.3 Å². The number of carbonyl (C=O) groups is 2. The van der Waals surface area contributed by atoms with Crippen LogP contribution in [0.1, 0.15) is 27.2 Å². The molecule has 0 bridgehead atoms. The van der Waals surface area contributed by atoms with Crippen molar-refractivity contribution in [2.45, 2.75) is 19.9 Å². The van der Waals surface area contributed by atoms with E-state index in [9.17, 15) is 14.4 Å². The second-order valence-electron chi connectivity index (χ2n) is 6.63. The predicted octanol–water partition coefficient (Wildman–Crippen LogP) is 2.49. The summed E-state index contributed by atoms with van der Waals surface area (Å²) in [6, 6.07) is 5.70. The number of ether oxygens (including phenoxy) is 1. The van der Waals surface area contributed by atoms with E-state index in [1.807, 2.05) is 18.2 Å². The van der Waals surface area contributed by atoms with Gasteiger partial charge in [-0.1, -0.05) is 23.7 Å². The number of aryl methyl sites for hydroxylation is 1. The number of H-pyrrole nitrogens is 1. The first-order valence-electron chi connectivity index (χ1n) is 8.69. The summed E-state index contributed by atoms with van der Waals surface area (Å²) in [6.07, 6.45) is 1.67. The Labute approximate surface area is 160 Å². The van der Waals surface area contributed by atoms with Gasteiger partial charge in [-0.2, -0.15) is 0 Å². The summed E-state index contributed by atoms with van der Waals surface area (Å²) in [4.78, 5) is 43.2. The molecule has 0 radical (unpaired) electrons. The summed E-state index contributed by atoms with van der Waals surface area (Å²) in [5.41, 5.74) is 2.94. The van der Waals surface area contributed by atoms with Gasteiger partial charge in [-0.05, 0) is 30.5 Å². The maximum atomic E-state index is 12.8. The quantitative estimate of drug-likeness (QED) is 0.858. The summed E-state index contributed by atoms with van der Waals surface area (Å²) >= 11 is 5.99. The number of hydrogen-bond acceptors (Lipinski definition) is 4. The normalized spacial score (nSPS) is 16.3. The number of cyclic esters (lactones) is 1. The number of pyridine rings is 1. The summed E-state index contributed by atoms with van der Waals surface area (Å²) in [5.74, 6) is -0.352. The smallest absolute Gasteiger partial charge is 0.414 e. The predicted molar refractivity (Wildman–Crippen MR) is 100 cm³/mol. The Balaban J connectivity index is 1.63. The van der Waals surface area contributed by atoms with Gasteiger partial charge in [-0.3, -0.25) is 14.5 Å². The second kappa shape index (κ2) is 6.74. The lowest BCUT2D eigenvalue weighted by molar-refractivity contribution is 0.0733. The Morgan fingerprint density at radius 2 is 2.07 bits per heavy atom. The topological polar surface area (TPSA) is 82.7 Å². The molecule has 7 nitrogen and oxygen atoms in total. The lowest BCUT2D eigenvalue weighted by Gasteiger charge is -2.31. The Bertz CT molecular complexity index is 1000. The molecule has 1 aromatic heterocycles. The monoisotopic (exact) mass is 387 g/mol. The van der Waals surface area contributed by atoms with Gasteiger partial charge in [-0.25, -0.2) is 4.79 Å². The standard InChI is InChI=1S/C19H18ClN3O4/c1-11-16(20)17(24)14(9-21-11)18(25)22-6-5-13-12(10-22)3-2-4-15(13)23-7-8-27-19(23)26/h2-4,9H,5-8,10H2,1H3,(H,21,24). The van der Waals surface area contributed by atoms with Gasteiger partial charge in [0.1, 0.15) is 17.2 Å². The number of fused-ring (bicyclic) bond motifs is 1. The largest absolute Gasteiger partial charge is 0.447 e. The molecule has 0 spiro atoms. The fraction of sp³-hybridized carbons (Fsp3) is 0.316. The first-order chi connectivity index (χ1) is 13.0. The molecule has 1 aromatic carbocycles. The molecule has 27 heavy (non-hydrogen) atoms. The first kappa shape index (κ1) is 17.6. The number of nitrogens with zero attached hydrogens (tertiary/aromatic N) is 2. The van der Waals surface area contributed by atoms with Gasteiger partial charge in [0.2, 0.25) is 5.43 Å². The molecule has 3 heterocycles. The number of benzene rings is 1. The number of halogens is 1. The second-order valence-corrected chi connectivity index (χ2v) is 7.01. The Kier molecular flexibility index (Phi) is 4.39. The van der Waals surface area contributed by atoms with Crippen LogP contribution in [0.3, 0.4) is 0 Å². The van der Waals surface area contributed by atoms with Crippen LogP contribution >= 0.6 is 11.6 Å². The van der Waals surface area contributed by atoms with Crippen LogP contribution < -0.4 is 10.3 Å². The summed E-state index contributed by atoms with van der Waals surface area (Å²) in [6.45, 7) is 3.41. The van der Waals surface area contributed by atoms with E-state index >= 15 is 0 Å². The number of hydrogen-bond donors (Lipinski definition) is 1. The minimum absolute atomic E-state index is 0.0353. The highest BCUT2D eigenvalue weighted by atomic mass is 35.5.